The summed E-state index contributed by atoms with van der Waals surface area (Å²) in [6, 6.07) is 12.1. The lowest BCUT2D eigenvalue weighted by Crippen LogP contribution is -2.27. The van der Waals surface area contributed by atoms with Crippen LogP contribution < -0.4 is 4.74 Å². The van der Waals surface area contributed by atoms with Gasteiger partial charge in [0, 0.05) is 37.1 Å². The Morgan fingerprint density at radius 2 is 1.80 bits per heavy atom. The molecule has 0 saturated heterocycles. The highest BCUT2D eigenvalue weighted by atomic mass is 16.5. The Morgan fingerprint density at radius 1 is 1.07 bits per heavy atom. The molecule has 152 valence electrons. The first-order valence-electron chi connectivity index (χ1n) is 9.61. The Kier molecular flexibility index (Phi) is 5.38. The predicted molar refractivity (Wildman–Crippen MR) is 113 cm³/mol. The van der Waals surface area contributed by atoms with Crippen molar-refractivity contribution in [2.75, 3.05) is 14.2 Å². The fraction of sp³-hybridized carbons (Fsp3) is 0.227. The van der Waals surface area contributed by atoms with Gasteiger partial charge in [-0.3, -0.25) is 4.79 Å². The van der Waals surface area contributed by atoms with Crippen molar-refractivity contribution in [3.05, 3.63) is 66.5 Å². The zero-order valence-electron chi connectivity index (χ0n) is 17.1. The summed E-state index contributed by atoms with van der Waals surface area (Å²) in [7, 11) is 3.31. The lowest BCUT2D eigenvalue weighted by Gasteiger charge is -2.17. The van der Waals surface area contributed by atoms with Crippen LogP contribution in [0.1, 0.15) is 23.1 Å². The van der Waals surface area contributed by atoms with Crippen molar-refractivity contribution in [1.29, 1.82) is 0 Å². The zero-order valence-corrected chi connectivity index (χ0v) is 17.1. The van der Waals surface area contributed by atoms with Gasteiger partial charge in [0.05, 0.1) is 13.7 Å². The Hall–Kier alpha value is -3.81. The van der Waals surface area contributed by atoms with Crippen LogP contribution in [0.4, 0.5) is 0 Å². The van der Waals surface area contributed by atoms with Crippen molar-refractivity contribution in [3.8, 4) is 17.1 Å². The second kappa shape index (κ2) is 8.28. The number of methoxy groups -OCH3 is 1. The molecular weight excluding hydrogens is 380 g/mol. The van der Waals surface area contributed by atoms with Gasteiger partial charge in [0.15, 0.2) is 5.82 Å². The van der Waals surface area contributed by atoms with E-state index < -0.39 is 0 Å². The molecule has 2 aromatic carbocycles. The fourth-order valence-electron chi connectivity index (χ4n) is 3.30. The Balaban J connectivity index is 1.56. The number of carbonyl (C=O) groups excluding carboxylic acids is 1. The zero-order chi connectivity index (χ0) is 21.1. The number of aryl methyl sites for hydroxylation is 1. The molecule has 0 unspecified atom stereocenters. The minimum absolute atomic E-state index is 0.0600. The van der Waals surface area contributed by atoms with Crippen molar-refractivity contribution in [1.82, 2.24) is 29.6 Å². The van der Waals surface area contributed by atoms with Crippen LogP contribution in [0, 0.1) is 0 Å². The van der Waals surface area contributed by atoms with Gasteiger partial charge in [-0.2, -0.15) is 0 Å². The van der Waals surface area contributed by atoms with Crippen LogP contribution >= 0.6 is 0 Å². The first-order valence-corrected chi connectivity index (χ1v) is 9.61. The standard InChI is InChI=1S/C22H22N6O2/c1-4-28-14-25-26-20(28)13-27(2)21(29)18-8-7-15-9-17(6-5-16(15)10-18)19-11-23-22(30-3)24-12-19/h5-12,14H,4,13H2,1-3H3. The number of amides is 1. The Labute approximate surface area is 174 Å². The molecule has 0 spiro atoms. The predicted octanol–water partition coefficient (Wildman–Crippen LogP) is 3.19. The van der Waals surface area contributed by atoms with Crippen molar-refractivity contribution in [3.63, 3.8) is 0 Å². The maximum Gasteiger partial charge on any atom is 0.316 e. The molecule has 30 heavy (non-hydrogen) atoms. The van der Waals surface area contributed by atoms with Crippen LogP contribution in [0.3, 0.4) is 0 Å². The van der Waals surface area contributed by atoms with Gasteiger partial charge < -0.3 is 14.2 Å². The number of benzene rings is 2. The molecule has 2 aromatic heterocycles. The molecule has 0 bridgehead atoms. The number of rotatable bonds is 6. The van der Waals surface area contributed by atoms with E-state index in [4.69, 9.17) is 4.74 Å². The summed E-state index contributed by atoms with van der Waals surface area (Å²) < 4.78 is 6.93. The van der Waals surface area contributed by atoms with E-state index in [1.54, 1.807) is 30.7 Å². The first-order chi connectivity index (χ1) is 14.6. The van der Waals surface area contributed by atoms with Crippen LogP contribution in [0.25, 0.3) is 21.9 Å². The van der Waals surface area contributed by atoms with Crippen LogP contribution in [0.2, 0.25) is 0 Å². The highest BCUT2D eigenvalue weighted by molar-refractivity contribution is 5.99. The number of carbonyl (C=O) groups is 1. The number of aromatic nitrogens is 5. The average molecular weight is 402 g/mol. The molecule has 4 aromatic rings. The van der Waals surface area contributed by atoms with Crippen LogP contribution in [-0.4, -0.2) is 49.7 Å². The SMILES string of the molecule is CCn1cnnc1CN(C)C(=O)c1ccc2cc(-c3cnc(OC)nc3)ccc2c1. The van der Waals surface area contributed by atoms with Crippen molar-refractivity contribution in [2.24, 2.45) is 0 Å². The first kappa shape index (κ1) is 19.5. The minimum atomic E-state index is -0.0600. The third-order valence-electron chi connectivity index (χ3n) is 4.99. The Bertz CT molecular complexity index is 1190. The van der Waals surface area contributed by atoms with Crippen LogP contribution in [0.5, 0.6) is 6.01 Å². The molecule has 2 heterocycles. The third kappa shape index (κ3) is 3.84. The van der Waals surface area contributed by atoms with Gasteiger partial charge in [-0.1, -0.05) is 18.2 Å². The third-order valence-corrected chi connectivity index (χ3v) is 4.99. The average Bonchev–Trinajstić information content (AvgIpc) is 3.25. The van der Waals surface area contributed by atoms with Crippen molar-refractivity contribution < 1.29 is 9.53 Å². The second-order valence-corrected chi connectivity index (χ2v) is 6.93. The van der Waals surface area contributed by atoms with Gasteiger partial charge in [0.1, 0.15) is 6.33 Å². The highest BCUT2D eigenvalue weighted by Gasteiger charge is 2.15. The van der Waals surface area contributed by atoms with Gasteiger partial charge in [-0.05, 0) is 41.5 Å². The van der Waals surface area contributed by atoms with Gasteiger partial charge in [-0.15, -0.1) is 10.2 Å². The van der Waals surface area contributed by atoms with E-state index >= 15 is 0 Å². The molecule has 0 aliphatic heterocycles. The molecule has 0 fully saturated rings. The smallest absolute Gasteiger partial charge is 0.316 e. The minimum Gasteiger partial charge on any atom is -0.467 e. The summed E-state index contributed by atoms with van der Waals surface area (Å²) in [6.07, 6.45) is 5.14. The number of hydrogen-bond donors (Lipinski definition) is 0. The number of nitrogens with zero attached hydrogens (tertiary/aromatic N) is 6. The Morgan fingerprint density at radius 3 is 2.53 bits per heavy atom. The number of fused-ring (bicyclic) bond motifs is 1. The molecule has 0 N–H and O–H groups in total. The van der Waals surface area contributed by atoms with Crippen molar-refractivity contribution in [2.45, 2.75) is 20.0 Å². The molecule has 8 nitrogen and oxygen atoms in total. The summed E-state index contributed by atoms with van der Waals surface area (Å²) in [5.41, 5.74) is 2.53. The summed E-state index contributed by atoms with van der Waals surface area (Å²) >= 11 is 0. The van der Waals surface area contributed by atoms with Gasteiger partial charge in [-0.25, -0.2) is 9.97 Å². The van der Waals surface area contributed by atoms with Gasteiger partial charge in [0.2, 0.25) is 0 Å². The molecule has 8 heteroatoms. The van der Waals surface area contributed by atoms with E-state index in [1.165, 1.54) is 7.11 Å². The van der Waals surface area contributed by atoms with Crippen LogP contribution in [-0.2, 0) is 13.1 Å². The molecule has 0 atom stereocenters. The maximum atomic E-state index is 12.9. The number of hydrogen-bond acceptors (Lipinski definition) is 6. The summed E-state index contributed by atoms with van der Waals surface area (Å²) in [4.78, 5) is 22.9. The van der Waals surface area contributed by atoms with Gasteiger partial charge >= 0.3 is 6.01 Å². The van der Waals surface area contributed by atoms with E-state index in [9.17, 15) is 4.79 Å². The molecule has 0 aliphatic rings. The summed E-state index contributed by atoms with van der Waals surface area (Å²) in [6.45, 7) is 3.19. The molecular formula is C22H22N6O2. The maximum absolute atomic E-state index is 12.9. The molecule has 4 rings (SSSR count). The van der Waals surface area contributed by atoms with E-state index in [0.29, 0.717) is 18.1 Å². The van der Waals surface area contributed by atoms with Gasteiger partial charge in [0.25, 0.3) is 5.91 Å². The fourth-order valence-corrected chi connectivity index (χ4v) is 3.30. The normalized spacial score (nSPS) is 10.9. The molecule has 1 amide bonds. The van der Waals surface area contributed by atoms with E-state index in [1.807, 2.05) is 41.8 Å². The molecule has 0 radical (unpaired) electrons. The summed E-state index contributed by atoms with van der Waals surface area (Å²) in [5.74, 6) is 0.704. The number of ether oxygens (including phenoxy) is 1. The summed E-state index contributed by atoms with van der Waals surface area (Å²) in [5, 5.41) is 10.0. The van der Waals surface area contributed by atoms with E-state index in [0.717, 1.165) is 34.3 Å². The topological polar surface area (TPSA) is 86.0 Å². The lowest BCUT2D eigenvalue weighted by atomic mass is 10.0. The van der Waals surface area contributed by atoms with E-state index in [-0.39, 0.29) is 5.91 Å². The lowest BCUT2D eigenvalue weighted by molar-refractivity contribution is 0.0780. The molecule has 0 aliphatic carbocycles. The van der Waals surface area contributed by atoms with Crippen LogP contribution in [0.15, 0.2) is 55.1 Å². The van der Waals surface area contributed by atoms with Crippen molar-refractivity contribution >= 4 is 16.7 Å². The quantitative estimate of drug-likeness (QED) is 0.492. The van der Waals surface area contributed by atoms with E-state index in [2.05, 4.69) is 26.2 Å². The monoisotopic (exact) mass is 402 g/mol. The second-order valence-electron chi connectivity index (χ2n) is 6.93. The molecule has 0 saturated carbocycles. The largest absolute Gasteiger partial charge is 0.467 e. The highest BCUT2D eigenvalue weighted by Crippen LogP contribution is 2.25.